The van der Waals surface area contributed by atoms with Crippen molar-refractivity contribution in [1.29, 1.82) is 0 Å². The maximum Gasteiger partial charge on any atom is 1.00 e. The van der Waals surface area contributed by atoms with E-state index in [1.165, 1.54) is 4.90 Å². The van der Waals surface area contributed by atoms with E-state index in [4.69, 9.17) is 0 Å². The molecule has 1 fully saturated rings. The van der Waals surface area contributed by atoms with E-state index in [2.05, 4.69) is 6.92 Å². The molecule has 6 heteroatoms. The predicted molar refractivity (Wildman–Crippen MR) is 43.9 cm³/mol. The third-order valence-electron chi connectivity index (χ3n) is 2.34. The van der Waals surface area contributed by atoms with Gasteiger partial charge in [-0.1, -0.05) is 6.92 Å². The predicted octanol–water partition coefficient (Wildman–Crippen LogP) is -0.891. The monoisotopic (exact) mass is 219 g/mol. The Labute approximate surface area is 120 Å². The molecule has 0 unspecified atom stereocenters. The minimum absolute atomic E-state index is 0. The first-order valence-electron chi connectivity index (χ1n) is 4.41. The molecule has 0 aliphatic carbocycles. The molecule has 0 saturated carbocycles. The van der Waals surface area contributed by atoms with Crippen molar-refractivity contribution in [1.82, 2.24) is 4.90 Å². The van der Waals surface area contributed by atoms with Crippen molar-refractivity contribution in [2.24, 2.45) is 5.92 Å². The topological polar surface area (TPSA) is 3.24 Å². The Morgan fingerprint density at radius 2 is 1.69 bits per heavy atom. The minimum atomic E-state index is -4.62. The second kappa shape index (κ2) is 6.13. The van der Waals surface area contributed by atoms with Crippen molar-refractivity contribution >= 4 is 6.98 Å². The molecule has 0 N–H and O–H groups in total. The standard InChI is InChI=1S/C7H14BF3N.K/c1-7-2-4-12(5-3-7)6-8(9,10)11;/h7H,2-6H2,1H3;/q-1;+1. The van der Waals surface area contributed by atoms with E-state index in [9.17, 15) is 12.9 Å². The Balaban J connectivity index is 0.00000144. The maximum atomic E-state index is 12.0. The summed E-state index contributed by atoms with van der Waals surface area (Å²) in [7, 11) is 0. The molecule has 1 nitrogen and oxygen atoms in total. The van der Waals surface area contributed by atoms with Gasteiger partial charge in [0.05, 0.1) is 0 Å². The zero-order valence-electron chi connectivity index (χ0n) is 8.27. The van der Waals surface area contributed by atoms with Gasteiger partial charge >= 0.3 is 58.4 Å². The van der Waals surface area contributed by atoms with Crippen LogP contribution in [0, 0.1) is 5.92 Å². The van der Waals surface area contributed by atoms with Gasteiger partial charge in [-0.3, -0.25) is 0 Å². The molecule has 1 saturated heterocycles. The molecular weight excluding hydrogens is 205 g/mol. The quantitative estimate of drug-likeness (QED) is 0.544. The average molecular weight is 219 g/mol. The van der Waals surface area contributed by atoms with E-state index in [0.717, 1.165) is 12.8 Å². The smallest absolute Gasteiger partial charge is 0.448 e. The Morgan fingerprint density at radius 3 is 2.08 bits per heavy atom. The molecule has 1 rings (SSSR count). The van der Waals surface area contributed by atoms with Crippen molar-refractivity contribution in [3.8, 4) is 0 Å². The summed E-state index contributed by atoms with van der Waals surface area (Å²) >= 11 is 0. The van der Waals surface area contributed by atoms with Crippen LogP contribution in [-0.4, -0.2) is 31.4 Å². The normalized spacial score (nSPS) is 21.2. The Kier molecular flexibility index (Phi) is 6.81. The average Bonchev–Trinajstić information content (AvgIpc) is 1.91. The summed E-state index contributed by atoms with van der Waals surface area (Å²) < 4.78 is 35.9. The first-order chi connectivity index (χ1) is 5.47. The SMILES string of the molecule is CC1CCN(C[B-](F)(F)F)CC1.[K+]. The summed E-state index contributed by atoms with van der Waals surface area (Å²) in [5.74, 6) is 0.599. The van der Waals surface area contributed by atoms with Crippen LogP contribution in [0.2, 0.25) is 0 Å². The number of nitrogens with zero attached hydrogens (tertiary/aromatic N) is 1. The van der Waals surface area contributed by atoms with Gasteiger partial charge < -0.3 is 17.8 Å². The minimum Gasteiger partial charge on any atom is -0.448 e. The fraction of sp³-hybridized carbons (Fsp3) is 1.00. The number of likely N-dealkylation sites (tertiary alicyclic amines) is 1. The third-order valence-corrected chi connectivity index (χ3v) is 2.34. The molecule has 0 aromatic carbocycles. The first-order valence-corrected chi connectivity index (χ1v) is 4.41. The van der Waals surface area contributed by atoms with Crippen LogP contribution in [0.1, 0.15) is 19.8 Å². The van der Waals surface area contributed by atoms with Crippen molar-refractivity contribution in [2.45, 2.75) is 19.8 Å². The molecule has 72 valence electrons. The molecule has 1 aliphatic heterocycles. The van der Waals surface area contributed by atoms with E-state index in [1.807, 2.05) is 0 Å². The fourth-order valence-electron chi connectivity index (χ4n) is 1.54. The van der Waals surface area contributed by atoms with E-state index in [-0.39, 0.29) is 51.4 Å². The summed E-state index contributed by atoms with van der Waals surface area (Å²) in [6.45, 7) is -1.30. The zero-order valence-corrected chi connectivity index (χ0v) is 11.4. The summed E-state index contributed by atoms with van der Waals surface area (Å²) in [6.07, 6.45) is 1.14. The Morgan fingerprint density at radius 1 is 1.23 bits per heavy atom. The van der Waals surface area contributed by atoms with Crippen molar-refractivity contribution < 1.29 is 64.3 Å². The van der Waals surface area contributed by atoms with Crippen LogP contribution in [0.15, 0.2) is 0 Å². The Hall–Kier alpha value is 1.45. The Bertz CT molecular complexity index is 145. The molecule has 0 bridgehead atoms. The van der Waals surface area contributed by atoms with Crippen LogP contribution in [-0.2, 0) is 0 Å². The number of piperidine rings is 1. The molecule has 0 spiro atoms. The molecule has 13 heavy (non-hydrogen) atoms. The van der Waals surface area contributed by atoms with Gasteiger partial charge in [-0.05, 0) is 38.3 Å². The molecule has 0 amide bonds. The maximum absolute atomic E-state index is 12.0. The summed E-state index contributed by atoms with van der Waals surface area (Å²) in [5, 5.41) is 0. The van der Waals surface area contributed by atoms with Gasteiger partial charge in [-0.25, -0.2) is 0 Å². The molecule has 1 heterocycles. The van der Waals surface area contributed by atoms with Crippen LogP contribution in [0.5, 0.6) is 0 Å². The first kappa shape index (κ1) is 14.5. The van der Waals surface area contributed by atoms with Gasteiger partial charge in [0.2, 0.25) is 0 Å². The van der Waals surface area contributed by atoms with Crippen LogP contribution >= 0.6 is 0 Å². The van der Waals surface area contributed by atoms with E-state index in [0.29, 0.717) is 19.0 Å². The zero-order chi connectivity index (χ0) is 9.19. The molecule has 0 aromatic heterocycles. The van der Waals surface area contributed by atoms with Crippen molar-refractivity contribution in [3.05, 3.63) is 0 Å². The van der Waals surface area contributed by atoms with Gasteiger partial charge in [0.1, 0.15) is 0 Å². The molecule has 0 atom stereocenters. The van der Waals surface area contributed by atoms with Crippen LogP contribution < -0.4 is 51.4 Å². The largest absolute Gasteiger partial charge is 1.00 e. The van der Waals surface area contributed by atoms with Gasteiger partial charge in [-0.2, -0.15) is 0 Å². The van der Waals surface area contributed by atoms with Crippen molar-refractivity contribution in [3.63, 3.8) is 0 Å². The second-order valence-electron chi connectivity index (χ2n) is 3.69. The summed E-state index contributed by atoms with van der Waals surface area (Å²) in [4.78, 5) is 1.51. The fourth-order valence-corrected chi connectivity index (χ4v) is 1.54. The van der Waals surface area contributed by atoms with Crippen LogP contribution in [0.4, 0.5) is 12.9 Å². The van der Waals surface area contributed by atoms with Gasteiger partial charge in [0, 0.05) is 0 Å². The molecular formula is C7H14BF3KN. The van der Waals surface area contributed by atoms with Gasteiger partial charge in [0.15, 0.2) is 0 Å². The number of hydrogen-bond acceptors (Lipinski definition) is 1. The van der Waals surface area contributed by atoms with E-state index >= 15 is 0 Å². The van der Waals surface area contributed by atoms with Gasteiger partial charge in [0.25, 0.3) is 0 Å². The number of halogens is 3. The van der Waals surface area contributed by atoms with Crippen molar-refractivity contribution in [2.75, 3.05) is 19.5 Å². The van der Waals surface area contributed by atoms with E-state index < -0.39 is 13.4 Å². The van der Waals surface area contributed by atoms with Crippen LogP contribution in [0.25, 0.3) is 0 Å². The van der Waals surface area contributed by atoms with Gasteiger partial charge in [-0.15, -0.1) is 0 Å². The number of hydrogen-bond donors (Lipinski definition) is 0. The second-order valence-corrected chi connectivity index (χ2v) is 3.69. The molecule has 1 aliphatic rings. The third kappa shape index (κ3) is 6.52. The van der Waals surface area contributed by atoms with E-state index in [1.54, 1.807) is 0 Å². The number of rotatable bonds is 2. The summed E-state index contributed by atoms with van der Waals surface area (Å²) in [6, 6.07) is 0. The van der Waals surface area contributed by atoms with Crippen LogP contribution in [0.3, 0.4) is 0 Å². The molecule has 0 aromatic rings. The summed E-state index contributed by atoms with van der Waals surface area (Å²) in [5.41, 5.74) is 0. The molecule has 0 radical (unpaired) electrons.